The molecule has 2 aromatic rings. The van der Waals surface area contributed by atoms with Crippen molar-refractivity contribution in [3.8, 4) is 0 Å². The van der Waals surface area contributed by atoms with Crippen molar-refractivity contribution in [1.29, 1.82) is 0 Å². The van der Waals surface area contributed by atoms with Gasteiger partial charge in [-0.05, 0) is 36.8 Å². The Morgan fingerprint density at radius 1 is 0.577 bits per heavy atom. The molecule has 2 rings (SSSR count). The van der Waals surface area contributed by atoms with Crippen LogP contribution in [0.25, 0.3) is 0 Å². The first-order valence-electron chi connectivity index (χ1n) is 10.5. The number of carbonyl (C=O) groups is 1. The van der Waals surface area contributed by atoms with E-state index < -0.39 is 0 Å². The van der Waals surface area contributed by atoms with Crippen molar-refractivity contribution in [2.24, 2.45) is 0 Å². The van der Waals surface area contributed by atoms with Crippen molar-refractivity contribution < 1.29 is 4.79 Å². The molecule has 0 N–H and O–H groups in total. The van der Waals surface area contributed by atoms with Crippen molar-refractivity contribution in [3.63, 3.8) is 0 Å². The molecule has 0 aliphatic rings. The standard InChI is InChI=1S/C25H34O/c1-3-5-7-9-11-21-13-17-23(18-14-21)25(26)24-19-15-22(16-20-24)12-10-8-6-4-2/h13-20H,3-12H2,1-2H3. The van der Waals surface area contributed by atoms with Crippen LogP contribution in [0.3, 0.4) is 0 Å². The summed E-state index contributed by atoms with van der Waals surface area (Å²) in [6.45, 7) is 4.47. The maximum absolute atomic E-state index is 12.7. The Labute approximate surface area is 159 Å². The highest BCUT2D eigenvalue weighted by Gasteiger charge is 2.09. The van der Waals surface area contributed by atoms with Gasteiger partial charge in [0.2, 0.25) is 0 Å². The summed E-state index contributed by atoms with van der Waals surface area (Å²) in [6.07, 6.45) is 12.4. The number of carbonyl (C=O) groups excluding carboxylic acids is 1. The lowest BCUT2D eigenvalue weighted by molar-refractivity contribution is 0.103. The first kappa shape index (κ1) is 20.4. The van der Waals surface area contributed by atoms with E-state index in [-0.39, 0.29) is 5.78 Å². The average Bonchev–Trinajstić information content (AvgIpc) is 2.69. The van der Waals surface area contributed by atoms with Gasteiger partial charge in [-0.3, -0.25) is 4.79 Å². The number of benzene rings is 2. The van der Waals surface area contributed by atoms with E-state index in [9.17, 15) is 4.79 Å². The fourth-order valence-corrected chi connectivity index (χ4v) is 3.32. The molecular formula is C25H34O. The summed E-state index contributed by atoms with van der Waals surface area (Å²) in [6, 6.07) is 16.4. The van der Waals surface area contributed by atoms with Gasteiger partial charge in [-0.25, -0.2) is 0 Å². The molecule has 0 aromatic heterocycles. The molecule has 0 fully saturated rings. The van der Waals surface area contributed by atoms with Crippen LogP contribution >= 0.6 is 0 Å². The van der Waals surface area contributed by atoms with E-state index in [1.54, 1.807) is 0 Å². The van der Waals surface area contributed by atoms with Crippen LogP contribution in [0.5, 0.6) is 0 Å². The topological polar surface area (TPSA) is 17.1 Å². The van der Waals surface area contributed by atoms with Crippen molar-refractivity contribution in [2.45, 2.75) is 78.1 Å². The van der Waals surface area contributed by atoms with Gasteiger partial charge in [-0.15, -0.1) is 0 Å². The summed E-state index contributed by atoms with van der Waals surface area (Å²) in [5, 5.41) is 0. The van der Waals surface area contributed by atoms with E-state index in [4.69, 9.17) is 0 Å². The lowest BCUT2D eigenvalue weighted by Gasteiger charge is -2.06. The zero-order valence-corrected chi connectivity index (χ0v) is 16.6. The molecule has 2 aromatic carbocycles. The van der Waals surface area contributed by atoms with E-state index in [0.29, 0.717) is 0 Å². The molecular weight excluding hydrogens is 316 g/mol. The molecule has 0 unspecified atom stereocenters. The van der Waals surface area contributed by atoms with E-state index in [2.05, 4.69) is 38.1 Å². The molecule has 0 radical (unpaired) electrons. The summed E-state index contributed by atoms with van der Waals surface area (Å²) in [5.74, 6) is 0.125. The zero-order valence-electron chi connectivity index (χ0n) is 16.6. The number of hydrogen-bond donors (Lipinski definition) is 0. The van der Waals surface area contributed by atoms with Crippen LogP contribution in [0, 0.1) is 0 Å². The van der Waals surface area contributed by atoms with E-state index in [0.717, 1.165) is 24.0 Å². The van der Waals surface area contributed by atoms with Crippen molar-refractivity contribution in [2.75, 3.05) is 0 Å². The molecule has 0 heterocycles. The van der Waals surface area contributed by atoms with Gasteiger partial charge < -0.3 is 0 Å². The number of rotatable bonds is 12. The van der Waals surface area contributed by atoms with E-state index in [1.165, 1.54) is 62.5 Å². The highest BCUT2D eigenvalue weighted by atomic mass is 16.1. The highest BCUT2D eigenvalue weighted by Crippen LogP contribution is 2.15. The van der Waals surface area contributed by atoms with Crippen LogP contribution in [-0.4, -0.2) is 5.78 Å². The number of ketones is 1. The zero-order chi connectivity index (χ0) is 18.6. The van der Waals surface area contributed by atoms with Gasteiger partial charge >= 0.3 is 0 Å². The Morgan fingerprint density at radius 2 is 0.962 bits per heavy atom. The van der Waals surface area contributed by atoms with E-state index in [1.807, 2.05) is 24.3 Å². The normalized spacial score (nSPS) is 10.8. The first-order valence-corrected chi connectivity index (χ1v) is 10.5. The van der Waals surface area contributed by atoms with Crippen LogP contribution in [0.1, 0.15) is 92.3 Å². The maximum Gasteiger partial charge on any atom is 0.193 e. The third kappa shape index (κ3) is 6.78. The molecule has 26 heavy (non-hydrogen) atoms. The van der Waals surface area contributed by atoms with Crippen LogP contribution in [0.4, 0.5) is 0 Å². The van der Waals surface area contributed by atoms with Crippen molar-refractivity contribution in [1.82, 2.24) is 0 Å². The Balaban J connectivity index is 1.87. The molecule has 1 nitrogen and oxygen atoms in total. The minimum Gasteiger partial charge on any atom is -0.289 e. The fourth-order valence-electron chi connectivity index (χ4n) is 3.32. The van der Waals surface area contributed by atoms with Crippen LogP contribution in [0.15, 0.2) is 48.5 Å². The Kier molecular flexibility index (Phi) is 9.17. The van der Waals surface area contributed by atoms with Gasteiger partial charge in [0.25, 0.3) is 0 Å². The lowest BCUT2D eigenvalue weighted by Crippen LogP contribution is -2.01. The average molecular weight is 351 g/mol. The molecule has 0 atom stereocenters. The maximum atomic E-state index is 12.7. The molecule has 0 spiro atoms. The SMILES string of the molecule is CCCCCCc1ccc(C(=O)c2ccc(CCCCCC)cc2)cc1. The van der Waals surface area contributed by atoms with Crippen LogP contribution < -0.4 is 0 Å². The Morgan fingerprint density at radius 3 is 1.31 bits per heavy atom. The smallest absolute Gasteiger partial charge is 0.193 e. The summed E-state index contributed by atoms with van der Waals surface area (Å²) >= 11 is 0. The second kappa shape index (κ2) is 11.7. The van der Waals surface area contributed by atoms with Crippen molar-refractivity contribution in [3.05, 3.63) is 70.8 Å². The van der Waals surface area contributed by atoms with Gasteiger partial charge in [0.05, 0.1) is 0 Å². The third-order valence-electron chi connectivity index (χ3n) is 5.07. The Bertz CT molecular complexity index is 579. The molecule has 0 saturated carbocycles. The molecule has 1 heteroatoms. The van der Waals surface area contributed by atoms with Gasteiger partial charge in [0.1, 0.15) is 0 Å². The molecule has 0 aliphatic carbocycles. The quantitative estimate of drug-likeness (QED) is 0.293. The number of hydrogen-bond acceptors (Lipinski definition) is 1. The van der Waals surface area contributed by atoms with Gasteiger partial charge in [0.15, 0.2) is 5.78 Å². The predicted octanol–water partition coefficient (Wildman–Crippen LogP) is 7.16. The minimum atomic E-state index is 0.125. The predicted molar refractivity (Wildman–Crippen MR) is 112 cm³/mol. The molecule has 0 saturated heterocycles. The third-order valence-corrected chi connectivity index (χ3v) is 5.07. The summed E-state index contributed by atoms with van der Waals surface area (Å²) < 4.78 is 0. The molecule has 0 bridgehead atoms. The van der Waals surface area contributed by atoms with Crippen LogP contribution in [-0.2, 0) is 12.8 Å². The van der Waals surface area contributed by atoms with Gasteiger partial charge in [-0.1, -0.05) is 101 Å². The second-order valence-corrected chi connectivity index (χ2v) is 7.34. The first-order chi connectivity index (χ1) is 12.7. The monoisotopic (exact) mass is 350 g/mol. The summed E-state index contributed by atoms with van der Waals surface area (Å²) in [7, 11) is 0. The second-order valence-electron chi connectivity index (χ2n) is 7.34. The number of unbranched alkanes of at least 4 members (excludes halogenated alkanes) is 6. The highest BCUT2D eigenvalue weighted by molar-refractivity contribution is 6.08. The number of aryl methyl sites for hydroxylation is 2. The molecule has 0 aliphatic heterocycles. The fraction of sp³-hybridized carbons (Fsp3) is 0.480. The van der Waals surface area contributed by atoms with Gasteiger partial charge in [-0.2, -0.15) is 0 Å². The van der Waals surface area contributed by atoms with E-state index >= 15 is 0 Å². The van der Waals surface area contributed by atoms with Gasteiger partial charge in [0, 0.05) is 11.1 Å². The minimum absolute atomic E-state index is 0.125. The molecule has 0 amide bonds. The lowest BCUT2D eigenvalue weighted by atomic mass is 9.98. The largest absolute Gasteiger partial charge is 0.289 e. The summed E-state index contributed by atoms with van der Waals surface area (Å²) in [4.78, 5) is 12.7. The van der Waals surface area contributed by atoms with Crippen LogP contribution in [0.2, 0.25) is 0 Å². The van der Waals surface area contributed by atoms with Crippen molar-refractivity contribution >= 4 is 5.78 Å². The Hall–Kier alpha value is -1.89. The summed E-state index contributed by atoms with van der Waals surface area (Å²) in [5.41, 5.74) is 4.25. The molecule has 140 valence electrons.